The third-order valence-corrected chi connectivity index (χ3v) is 3.17. The summed E-state index contributed by atoms with van der Waals surface area (Å²) in [5.74, 6) is 1.03. The minimum atomic E-state index is -0.244. The monoisotopic (exact) mass is 444 g/mol. The first-order chi connectivity index (χ1) is 11.2. The molecule has 2 aromatic rings. The fraction of sp³-hybridized carbons (Fsp3) is 0.294. The van der Waals surface area contributed by atoms with E-state index in [1.807, 2.05) is 19.1 Å². The van der Waals surface area contributed by atoms with Gasteiger partial charge in [-0.1, -0.05) is 18.2 Å². The Labute approximate surface area is 158 Å². The largest absolute Gasteiger partial charge is 0.481 e. The molecule has 0 bridgehead atoms. The first-order valence-corrected chi connectivity index (χ1v) is 7.47. The smallest absolute Gasteiger partial charge is 0.218 e. The highest BCUT2D eigenvalue weighted by Gasteiger charge is 2.04. The lowest BCUT2D eigenvalue weighted by atomic mass is 10.2. The van der Waals surface area contributed by atoms with Gasteiger partial charge in [0.15, 0.2) is 5.96 Å². The second-order valence-corrected chi connectivity index (χ2v) is 4.85. The molecule has 0 unspecified atom stereocenters. The van der Waals surface area contributed by atoms with Gasteiger partial charge in [0.1, 0.15) is 5.82 Å². The summed E-state index contributed by atoms with van der Waals surface area (Å²) in [5.41, 5.74) is 1.89. The van der Waals surface area contributed by atoms with E-state index in [4.69, 9.17) is 4.74 Å². The van der Waals surface area contributed by atoms with Crippen LogP contribution in [0.3, 0.4) is 0 Å². The molecule has 0 saturated heterocycles. The fourth-order valence-electron chi connectivity index (χ4n) is 2.02. The second-order valence-electron chi connectivity index (χ2n) is 4.85. The highest BCUT2D eigenvalue weighted by Crippen LogP contribution is 2.12. The maximum atomic E-state index is 12.9. The average molecular weight is 444 g/mol. The third-order valence-electron chi connectivity index (χ3n) is 3.17. The summed E-state index contributed by atoms with van der Waals surface area (Å²) in [6, 6.07) is 10.1. The van der Waals surface area contributed by atoms with Gasteiger partial charge in [-0.25, -0.2) is 14.4 Å². The topological polar surface area (TPSA) is 58.5 Å². The van der Waals surface area contributed by atoms with Gasteiger partial charge in [-0.05, 0) is 30.7 Å². The van der Waals surface area contributed by atoms with Crippen LogP contribution < -0.4 is 15.4 Å². The molecule has 5 nitrogen and oxygen atoms in total. The standard InChI is InChI=1S/C17H21FN4O.HI/c1-3-19-17(21-11-13-6-8-15(18)9-7-13)22-12-14-5-4-10-20-16(14)23-2;/h4-10H,3,11-12H2,1-2H3,(H2,19,21,22);1H. The SMILES string of the molecule is CCNC(=NCc1ccc(F)cc1)NCc1cccnc1OC.I. The number of halogens is 2. The van der Waals surface area contributed by atoms with Crippen LogP contribution in [-0.4, -0.2) is 24.6 Å². The molecule has 0 saturated carbocycles. The maximum absolute atomic E-state index is 12.9. The minimum absolute atomic E-state index is 0. The van der Waals surface area contributed by atoms with Crippen LogP contribution in [-0.2, 0) is 13.1 Å². The number of aliphatic imine (C=N–C) groups is 1. The number of guanidine groups is 1. The predicted octanol–water partition coefficient (Wildman–Crippen LogP) is 3.10. The molecule has 130 valence electrons. The van der Waals surface area contributed by atoms with Crippen molar-refractivity contribution in [2.45, 2.75) is 20.0 Å². The molecule has 0 fully saturated rings. The van der Waals surface area contributed by atoms with Crippen LogP contribution in [0.1, 0.15) is 18.1 Å². The Hall–Kier alpha value is -1.90. The Bertz CT molecular complexity index is 649. The molecule has 0 aliphatic heterocycles. The van der Waals surface area contributed by atoms with Gasteiger partial charge in [0.2, 0.25) is 5.88 Å². The number of hydrogen-bond donors (Lipinski definition) is 2. The molecular weight excluding hydrogens is 422 g/mol. The molecule has 2 rings (SSSR count). The summed E-state index contributed by atoms with van der Waals surface area (Å²) in [7, 11) is 1.60. The summed E-state index contributed by atoms with van der Waals surface area (Å²) in [4.78, 5) is 8.66. The van der Waals surface area contributed by atoms with Gasteiger partial charge in [0, 0.05) is 24.8 Å². The Morgan fingerprint density at radius 3 is 2.62 bits per heavy atom. The van der Waals surface area contributed by atoms with E-state index in [0.29, 0.717) is 24.9 Å². The van der Waals surface area contributed by atoms with Crippen molar-refractivity contribution in [2.75, 3.05) is 13.7 Å². The normalized spacial score (nSPS) is 10.7. The molecule has 1 aromatic heterocycles. The number of rotatable bonds is 6. The Morgan fingerprint density at radius 1 is 1.21 bits per heavy atom. The Kier molecular flexibility index (Phi) is 9.06. The quantitative estimate of drug-likeness (QED) is 0.409. The number of benzene rings is 1. The maximum Gasteiger partial charge on any atom is 0.218 e. The van der Waals surface area contributed by atoms with Crippen LogP contribution in [0.15, 0.2) is 47.6 Å². The fourth-order valence-corrected chi connectivity index (χ4v) is 2.02. The van der Waals surface area contributed by atoms with E-state index < -0.39 is 0 Å². The summed E-state index contributed by atoms with van der Waals surface area (Å²) in [6.07, 6.45) is 1.69. The van der Waals surface area contributed by atoms with E-state index in [-0.39, 0.29) is 29.8 Å². The molecule has 0 radical (unpaired) electrons. The minimum Gasteiger partial charge on any atom is -0.481 e. The second kappa shape index (κ2) is 10.8. The van der Waals surface area contributed by atoms with E-state index in [9.17, 15) is 4.39 Å². The van der Waals surface area contributed by atoms with Crippen LogP contribution in [0, 0.1) is 5.82 Å². The lowest BCUT2D eigenvalue weighted by Gasteiger charge is -2.12. The van der Waals surface area contributed by atoms with Gasteiger partial charge < -0.3 is 15.4 Å². The molecule has 0 amide bonds. The zero-order valence-electron chi connectivity index (χ0n) is 13.8. The average Bonchev–Trinajstić information content (AvgIpc) is 2.59. The summed E-state index contributed by atoms with van der Waals surface area (Å²) in [5, 5.41) is 6.41. The Balaban J connectivity index is 0.00000288. The lowest BCUT2D eigenvalue weighted by molar-refractivity contribution is 0.392. The zero-order chi connectivity index (χ0) is 16.5. The van der Waals surface area contributed by atoms with Crippen LogP contribution in [0.5, 0.6) is 5.88 Å². The van der Waals surface area contributed by atoms with Gasteiger partial charge in [-0.15, -0.1) is 24.0 Å². The highest BCUT2D eigenvalue weighted by molar-refractivity contribution is 14.0. The number of ether oxygens (including phenoxy) is 1. The molecule has 1 aromatic carbocycles. The van der Waals surface area contributed by atoms with Gasteiger partial charge in [0.25, 0.3) is 0 Å². The van der Waals surface area contributed by atoms with Gasteiger partial charge in [-0.2, -0.15) is 0 Å². The van der Waals surface area contributed by atoms with E-state index >= 15 is 0 Å². The number of methoxy groups -OCH3 is 1. The van der Waals surface area contributed by atoms with Crippen molar-refractivity contribution < 1.29 is 9.13 Å². The summed E-state index contributed by atoms with van der Waals surface area (Å²) in [6.45, 7) is 3.77. The molecule has 0 spiro atoms. The third kappa shape index (κ3) is 6.31. The molecule has 0 aliphatic rings. The molecule has 0 atom stereocenters. The first kappa shape index (κ1) is 20.1. The predicted molar refractivity (Wildman–Crippen MR) is 104 cm³/mol. The van der Waals surface area contributed by atoms with Crippen LogP contribution in [0.25, 0.3) is 0 Å². The van der Waals surface area contributed by atoms with Crippen molar-refractivity contribution in [3.05, 3.63) is 59.5 Å². The van der Waals surface area contributed by atoms with Gasteiger partial charge >= 0.3 is 0 Å². The number of nitrogens with zero attached hydrogens (tertiary/aromatic N) is 2. The molecule has 1 heterocycles. The van der Waals surface area contributed by atoms with Crippen molar-refractivity contribution in [3.63, 3.8) is 0 Å². The van der Waals surface area contributed by atoms with Crippen LogP contribution >= 0.6 is 24.0 Å². The molecule has 0 aliphatic carbocycles. The zero-order valence-corrected chi connectivity index (χ0v) is 16.1. The van der Waals surface area contributed by atoms with Gasteiger partial charge in [-0.3, -0.25) is 0 Å². The van der Waals surface area contributed by atoms with Crippen molar-refractivity contribution in [3.8, 4) is 5.88 Å². The number of nitrogens with one attached hydrogen (secondary N) is 2. The number of pyridine rings is 1. The van der Waals surface area contributed by atoms with Crippen molar-refractivity contribution in [1.82, 2.24) is 15.6 Å². The number of aromatic nitrogens is 1. The van der Waals surface area contributed by atoms with E-state index in [1.54, 1.807) is 25.4 Å². The van der Waals surface area contributed by atoms with E-state index in [1.165, 1.54) is 12.1 Å². The lowest BCUT2D eigenvalue weighted by Crippen LogP contribution is -2.36. The van der Waals surface area contributed by atoms with Crippen molar-refractivity contribution in [2.24, 2.45) is 4.99 Å². The van der Waals surface area contributed by atoms with Crippen LogP contribution in [0.2, 0.25) is 0 Å². The highest BCUT2D eigenvalue weighted by atomic mass is 127. The molecular formula is C17H22FIN4O. The number of hydrogen-bond acceptors (Lipinski definition) is 3. The Morgan fingerprint density at radius 2 is 1.96 bits per heavy atom. The van der Waals surface area contributed by atoms with Crippen molar-refractivity contribution in [1.29, 1.82) is 0 Å². The molecule has 7 heteroatoms. The van der Waals surface area contributed by atoms with E-state index in [0.717, 1.165) is 17.7 Å². The summed E-state index contributed by atoms with van der Waals surface area (Å²) < 4.78 is 18.1. The van der Waals surface area contributed by atoms with Crippen molar-refractivity contribution >= 4 is 29.9 Å². The van der Waals surface area contributed by atoms with Crippen LogP contribution in [0.4, 0.5) is 4.39 Å². The first-order valence-electron chi connectivity index (χ1n) is 7.47. The molecule has 2 N–H and O–H groups in total. The molecule has 24 heavy (non-hydrogen) atoms. The van der Waals surface area contributed by atoms with Gasteiger partial charge in [0.05, 0.1) is 13.7 Å². The van der Waals surface area contributed by atoms with E-state index in [2.05, 4.69) is 20.6 Å². The summed E-state index contributed by atoms with van der Waals surface area (Å²) >= 11 is 0.